The predicted octanol–water partition coefficient (Wildman–Crippen LogP) is 3.66. The van der Waals surface area contributed by atoms with Gasteiger partial charge < -0.3 is 14.8 Å². The number of para-hydroxylation sites is 2. The van der Waals surface area contributed by atoms with Gasteiger partial charge in [-0.1, -0.05) is 23.7 Å². The zero-order valence-corrected chi connectivity index (χ0v) is 12.5. The Hall–Kier alpha value is -2.27. The van der Waals surface area contributed by atoms with Crippen LogP contribution >= 0.6 is 11.6 Å². The van der Waals surface area contributed by atoms with E-state index in [0.29, 0.717) is 28.8 Å². The zero-order valence-electron chi connectivity index (χ0n) is 11.7. The minimum Gasteiger partial charge on any atom is -0.495 e. The highest BCUT2D eigenvalue weighted by molar-refractivity contribution is 6.33. The van der Waals surface area contributed by atoms with Gasteiger partial charge in [0.1, 0.15) is 11.6 Å². The molecule has 1 N–H and O–H groups in total. The van der Waals surface area contributed by atoms with Crippen molar-refractivity contribution in [3.05, 3.63) is 47.1 Å². The van der Waals surface area contributed by atoms with Gasteiger partial charge in [0.2, 0.25) is 0 Å². The minimum absolute atomic E-state index is 0.303. The Morgan fingerprint density at radius 2 is 2.14 bits per heavy atom. The highest BCUT2D eigenvalue weighted by atomic mass is 35.5. The van der Waals surface area contributed by atoms with E-state index < -0.39 is 5.97 Å². The summed E-state index contributed by atoms with van der Waals surface area (Å²) in [5, 5.41) is 3.40. The molecule has 0 aliphatic carbocycles. The molecule has 21 heavy (non-hydrogen) atoms. The molecule has 0 bridgehead atoms. The summed E-state index contributed by atoms with van der Waals surface area (Å²) in [6, 6.07) is 8.91. The molecule has 0 unspecified atom stereocenters. The van der Waals surface area contributed by atoms with Crippen LogP contribution in [0.25, 0.3) is 0 Å². The molecule has 6 heteroatoms. The number of esters is 1. The lowest BCUT2D eigenvalue weighted by Crippen LogP contribution is -2.06. The van der Waals surface area contributed by atoms with Crippen molar-refractivity contribution < 1.29 is 14.3 Å². The maximum absolute atomic E-state index is 11.6. The van der Waals surface area contributed by atoms with Gasteiger partial charge in [0, 0.05) is 6.20 Å². The smallest absolute Gasteiger partial charge is 0.339 e. The fraction of sp³-hybridized carbons (Fsp3) is 0.200. The Bertz CT molecular complexity index is 647. The van der Waals surface area contributed by atoms with Crippen LogP contribution in [0, 0.1) is 0 Å². The highest BCUT2D eigenvalue weighted by Crippen LogP contribution is 2.29. The van der Waals surface area contributed by atoms with Crippen molar-refractivity contribution >= 4 is 29.1 Å². The van der Waals surface area contributed by atoms with Crippen LogP contribution in [0.2, 0.25) is 5.02 Å². The summed E-state index contributed by atoms with van der Waals surface area (Å²) in [6.07, 6.45) is 1.42. The molecule has 1 aromatic heterocycles. The third-order valence-electron chi connectivity index (χ3n) is 2.71. The number of aromatic nitrogens is 1. The molecule has 0 aliphatic heterocycles. The normalized spacial score (nSPS) is 10.0. The van der Waals surface area contributed by atoms with Crippen molar-refractivity contribution in [2.45, 2.75) is 6.92 Å². The number of hydrogen-bond acceptors (Lipinski definition) is 5. The second-order valence-electron chi connectivity index (χ2n) is 4.10. The fourth-order valence-corrected chi connectivity index (χ4v) is 1.95. The lowest BCUT2D eigenvalue weighted by molar-refractivity contribution is 0.0526. The Labute approximate surface area is 127 Å². The second-order valence-corrected chi connectivity index (χ2v) is 4.51. The lowest BCUT2D eigenvalue weighted by Gasteiger charge is -2.11. The van der Waals surface area contributed by atoms with Gasteiger partial charge in [0.05, 0.1) is 30.0 Å². The van der Waals surface area contributed by atoms with Crippen molar-refractivity contribution in [3.8, 4) is 5.75 Å². The van der Waals surface area contributed by atoms with E-state index in [1.54, 1.807) is 14.0 Å². The van der Waals surface area contributed by atoms with Crippen molar-refractivity contribution in [2.24, 2.45) is 0 Å². The van der Waals surface area contributed by atoms with E-state index in [4.69, 9.17) is 21.1 Å². The number of ether oxygens (including phenoxy) is 2. The fourth-order valence-electron chi connectivity index (χ4n) is 1.73. The van der Waals surface area contributed by atoms with Crippen LogP contribution in [0.5, 0.6) is 5.75 Å². The van der Waals surface area contributed by atoms with Crippen LogP contribution in [-0.2, 0) is 4.74 Å². The van der Waals surface area contributed by atoms with Crippen LogP contribution in [0.4, 0.5) is 11.5 Å². The topological polar surface area (TPSA) is 60.5 Å². The van der Waals surface area contributed by atoms with E-state index in [-0.39, 0.29) is 0 Å². The van der Waals surface area contributed by atoms with Gasteiger partial charge in [0.25, 0.3) is 0 Å². The first-order valence-corrected chi connectivity index (χ1v) is 6.76. The van der Waals surface area contributed by atoms with Gasteiger partial charge in [0.15, 0.2) is 0 Å². The maximum Gasteiger partial charge on any atom is 0.339 e. The second kappa shape index (κ2) is 6.95. The molecular weight excluding hydrogens is 292 g/mol. The molecule has 0 saturated carbocycles. The third kappa shape index (κ3) is 3.64. The Morgan fingerprint density at radius 1 is 1.38 bits per heavy atom. The number of carbonyl (C=O) groups excluding carboxylic acids is 1. The van der Waals surface area contributed by atoms with Crippen LogP contribution < -0.4 is 10.1 Å². The number of hydrogen-bond donors (Lipinski definition) is 1. The summed E-state index contributed by atoms with van der Waals surface area (Å²) in [5.74, 6) is 0.662. The number of benzene rings is 1. The highest BCUT2D eigenvalue weighted by Gasteiger charge is 2.12. The van der Waals surface area contributed by atoms with Gasteiger partial charge >= 0.3 is 5.97 Å². The van der Waals surface area contributed by atoms with E-state index in [1.165, 1.54) is 12.3 Å². The molecule has 2 aromatic rings. The summed E-state index contributed by atoms with van der Waals surface area (Å²) in [7, 11) is 1.58. The Kier molecular flexibility index (Phi) is 5.00. The standard InChI is InChI=1S/C15H15ClN2O3/c1-3-21-15(19)10-8-11(16)14(17-9-10)18-12-6-4-5-7-13(12)20-2/h4-9H,3H2,1-2H3,(H,17,18). The van der Waals surface area contributed by atoms with Gasteiger partial charge in [-0.05, 0) is 25.1 Å². The summed E-state index contributed by atoms with van der Waals surface area (Å²) in [4.78, 5) is 15.8. The summed E-state index contributed by atoms with van der Waals surface area (Å²) in [6.45, 7) is 2.04. The zero-order chi connectivity index (χ0) is 15.2. The minimum atomic E-state index is -0.448. The predicted molar refractivity (Wildman–Crippen MR) is 81.5 cm³/mol. The maximum atomic E-state index is 11.6. The van der Waals surface area contributed by atoms with Gasteiger partial charge in [-0.2, -0.15) is 0 Å². The van der Waals surface area contributed by atoms with Gasteiger partial charge in [-0.3, -0.25) is 0 Å². The Morgan fingerprint density at radius 3 is 2.81 bits per heavy atom. The van der Waals surface area contributed by atoms with Crippen LogP contribution in [0.15, 0.2) is 36.5 Å². The molecule has 0 fully saturated rings. The number of anilines is 2. The molecule has 0 amide bonds. The molecule has 0 aliphatic rings. The average molecular weight is 307 g/mol. The Balaban J connectivity index is 2.23. The first-order chi connectivity index (χ1) is 10.2. The van der Waals surface area contributed by atoms with Crippen molar-refractivity contribution in [2.75, 3.05) is 19.0 Å². The van der Waals surface area contributed by atoms with Crippen molar-refractivity contribution in [3.63, 3.8) is 0 Å². The SMILES string of the molecule is CCOC(=O)c1cnc(Nc2ccccc2OC)c(Cl)c1. The number of nitrogens with zero attached hydrogens (tertiary/aromatic N) is 1. The van der Waals surface area contributed by atoms with E-state index in [9.17, 15) is 4.79 Å². The van der Waals surface area contributed by atoms with Crippen LogP contribution in [0.3, 0.4) is 0 Å². The third-order valence-corrected chi connectivity index (χ3v) is 3.00. The number of nitrogens with one attached hydrogen (secondary N) is 1. The summed E-state index contributed by atoms with van der Waals surface area (Å²) in [5.41, 5.74) is 1.05. The van der Waals surface area contributed by atoms with E-state index in [2.05, 4.69) is 10.3 Å². The average Bonchev–Trinajstić information content (AvgIpc) is 2.50. The first kappa shape index (κ1) is 15.1. The van der Waals surface area contributed by atoms with Crippen LogP contribution in [0.1, 0.15) is 17.3 Å². The molecule has 110 valence electrons. The molecule has 0 radical (unpaired) electrons. The van der Waals surface area contributed by atoms with Crippen molar-refractivity contribution in [1.82, 2.24) is 4.98 Å². The summed E-state index contributed by atoms with van der Waals surface area (Å²) < 4.78 is 10.1. The molecule has 0 atom stereocenters. The van der Waals surface area contributed by atoms with E-state index in [1.807, 2.05) is 24.3 Å². The monoisotopic (exact) mass is 306 g/mol. The largest absolute Gasteiger partial charge is 0.495 e. The molecule has 0 spiro atoms. The molecular formula is C15H15ClN2O3. The van der Waals surface area contributed by atoms with Crippen LogP contribution in [-0.4, -0.2) is 24.7 Å². The molecule has 1 aromatic carbocycles. The van der Waals surface area contributed by atoms with E-state index in [0.717, 1.165) is 5.69 Å². The van der Waals surface area contributed by atoms with Gasteiger partial charge in [-0.15, -0.1) is 0 Å². The number of halogens is 1. The van der Waals surface area contributed by atoms with E-state index >= 15 is 0 Å². The van der Waals surface area contributed by atoms with Crippen molar-refractivity contribution in [1.29, 1.82) is 0 Å². The first-order valence-electron chi connectivity index (χ1n) is 6.38. The lowest BCUT2D eigenvalue weighted by atomic mass is 10.2. The van der Waals surface area contributed by atoms with Gasteiger partial charge in [-0.25, -0.2) is 9.78 Å². The quantitative estimate of drug-likeness (QED) is 0.854. The molecule has 2 rings (SSSR count). The molecule has 1 heterocycles. The number of carbonyl (C=O) groups is 1. The number of pyridine rings is 1. The molecule has 0 saturated heterocycles. The number of methoxy groups -OCH3 is 1. The number of rotatable bonds is 5. The summed E-state index contributed by atoms with van der Waals surface area (Å²) >= 11 is 6.15. The molecule has 5 nitrogen and oxygen atoms in total.